The number of hydrogen-bond donors (Lipinski definition) is 1. The van der Waals surface area contributed by atoms with Crippen molar-refractivity contribution in [3.8, 4) is 17.2 Å². The molecule has 1 saturated heterocycles. The minimum atomic E-state index is -0.0683. The summed E-state index contributed by atoms with van der Waals surface area (Å²) < 4.78 is 16.1. The van der Waals surface area contributed by atoms with Crippen LogP contribution in [0.4, 0.5) is 11.4 Å². The number of piperazine rings is 1. The summed E-state index contributed by atoms with van der Waals surface area (Å²) in [7, 11) is 4.61. The average molecular weight is 425 g/mol. The molecule has 8 nitrogen and oxygen atoms in total. The third-order valence-electron chi connectivity index (χ3n) is 5.85. The van der Waals surface area contributed by atoms with E-state index >= 15 is 0 Å². The first kappa shape index (κ1) is 20.8. The molecule has 31 heavy (non-hydrogen) atoms. The van der Waals surface area contributed by atoms with Gasteiger partial charge in [0.05, 0.1) is 21.3 Å². The Balaban J connectivity index is 1.49. The van der Waals surface area contributed by atoms with Crippen molar-refractivity contribution in [2.24, 2.45) is 0 Å². The summed E-state index contributed by atoms with van der Waals surface area (Å²) in [6.07, 6.45) is 1.24. The van der Waals surface area contributed by atoms with Crippen LogP contribution in [0.3, 0.4) is 0 Å². The summed E-state index contributed by atoms with van der Waals surface area (Å²) in [6.45, 7) is 2.65. The zero-order chi connectivity index (χ0) is 22.0. The molecule has 164 valence electrons. The Kier molecular flexibility index (Phi) is 5.88. The highest BCUT2D eigenvalue weighted by Gasteiger charge is 2.27. The highest BCUT2D eigenvalue weighted by Crippen LogP contribution is 2.38. The predicted octanol–water partition coefficient (Wildman–Crippen LogP) is 2.56. The van der Waals surface area contributed by atoms with Crippen molar-refractivity contribution in [3.63, 3.8) is 0 Å². The quantitative estimate of drug-likeness (QED) is 0.793. The van der Waals surface area contributed by atoms with Gasteiger partial charge in [-0.05, 0) is 36.2 Å². The molecule has 2 aromatic carbocycles. The molecule has 2 heterocycles. The van der Waals surface area contributed by atoms with Crippen molar-refractivity contribution in [2.75, 3.05) is 57.7 Å². The van der Waals surface area contributed by atoms with Crippen LogP contribution in [-0.2, 0) is 11.2 Å². The van der Waals surface area contributed by atoms with Crippen LogP contribution >= 0.6 is 0 Å². The Morgan fingerprint density at radius 3 is 2.23 bits per heavy atom. The summed E-state index contributed by atoms with van der Waals surface area (Å²) in [5.41, 5.74) is 3.70. The molecule has 1 fully saturated rings. The normalized spacial score (nSPS) is 15.8. The van der Waals surface area contributed by atoms with Crippen molar-refractivity contribution < 1.29 is 23.8 Å². The molecular weight excluding hydrogens is 398 g/mol. The minimum absolute atomic E-state index is 0.0606. The largest absolute Gasteiger partial charge is 0.493 e. The molecule has 2 amide bonds. The van der Waals surface area contributed by atoms with Gasteiger partial charge in [0.25, 0.3) is 5.91 Å². The van der Waals surface area contributed by atoms with Crippen molar-refractivity contribution in [1.82, 2.24) is 4.90 Å². The number of carbonyl (C=O) groups is 2. The number of nitrogens with one attached hydrogen (secondary N) is 1. The number of rotatable bonds is 5. The van der Waals surface area contributed by atoms with Gasteiger partial charge in [-0.25, -0.2) is 0 Å². The van der Waals surface area contributed by atoms with E-state index in [1.165, 1.54) is 26.9 Å². The fourth-order valence-corrected chi connectivity index (χ4v) is 4.24. The molecule has 0 atom stereocenters. The maximum Gasteiger partial charge on any atom is 0.254 e. The van der Waals surface area contributed by atoms with Gasteiger partial charge in [-0.3, -0.25) is 9.59 Å². The van der Waals surface area contributed by atoms with E-state index in [-0.39, 0.29) is 11.8 Å². The van der Waals surface area contributed by atoms with Crippen LogP contribution in [0.5, 0.6) is 17.2 Å². The molecule has 0 unspecified atom stereocenters. The second-order valence-electron chi connectivity index (χ2n) is 7.54. The molecule has 2 aliphatic heterocycles. The molecule has 0 radical (unpaired) electrons. The molecule has 0 aliphatic carbocycles. The van der Waals surface area contributed by atoms with Crippen molar-refractivity contribution in [1.29, 1.82) is 0 Å². The average Bonchev–Trinajstić information content (AvgIpc) is 2.82. The molecule has 0 spiro atoms. The monoisotopic (exact) mass is 425 g/mol. The minimum Gasteiger partial charge on any atom is -0.493 e. The van der Waals surface area contributed by atoms with Gasteiger partial charge in [-0.2, -0.15) is 0 Å². The van der Waals surface area contributed by atoms with E-state index in [0.717, 1.165) is 30.9 Å². The first-order valence-electron chi connectivity index (χ1n) is 10.3. The first-order valence-corrected chi connectivity index (χ1v) is 10.3. The van der Waals surface area contributed by atoms with E-state index in [2.05, 4.69) is 16.3 Å². The van der Waals surface area contributed by atoms with Crippen LogP contribution < -0.4 is 24.4 Å². The summed E-state index contributed by atoms with van der Waals surface area (Å²) in [6, 6.07) is 9.37. The second-order valence-corrected chi connectivity index (χ2v) is 7.54. The molecule has 1 N–H and O–H groups in total. The Hall–Kier alpha value is -3.42. The zero-order valence-electron chi connectivity index (χ0n) is 18.1. The number of ether oxygens (including phenoxy) is 3. The standard InChI is InChI=1S/C23H27N3O5/c1-29-19-13-15(14-20(30-2)22(19)31-3)23(28)26-11-9-25(10-12-26)18-6-4-5-17-16(18)7-8-21(27)24-17/h4-6,13-14H,7-12H2,1-3H3,(H,24,27). The first-order chi connectivity index (χ1) is 15.0. The van der Waals surface area contributed by atoms with Crippen LogP contribution in [0.1, 0.15) is 22.3 Å². The third-order valence-corrected chi connectivity index (χ3v) is 5.85. The molecule has 0 bridgehead atoms. The number of fused-ring (bicyclic) bond motifs is 1. The van der Waals surface area contributed by atoms with E-state index in [1.54, 1.807) is 12.1 Å². The lowest BCUT2D eigenvalue weighted by Gasteiger charge is -2.38. The highest BCUT2D eigenvalue weighted by atomic mass is 16.5. The van der Waals surface area contributed by atoms with Crippen molar-refractivity contribution >= 4 is 23.2 Å². The molecule has 0 aromatic heterocycles. The van der Waals surface area contributed by atoms with Gasteiger partial charge in [0.15, 0.2) is 11.5 Å². The SMILES string of the molecule is COc1cc(C(=O)N2CCN(c3cccc4c3CCC(=O)N4)CC2)cc(OC)c1OC. The molecule has 0 saturated carbocycles. The zero-order valence-corrected chi connectivity index (χ0v) is 18.1. The Morgan fingerprint density at radius 2 is 1.61 bits per heavy atom. The lowest BCUT2D eigenvalue weighted by atomic mass is 10.00. The number of benzene rings is 2. The van der Waals surface area contributed by atoms with E-state index in [9.17, 15) is 9.59 Å². The molecule has 8 heteroatoms. The lowest BCUT2D eigenvalue weighted by Crippen LogP contribution is -2.49. The lowest BCUT2D eigenvalue weighted by molar-refractivity contribution is -0.116. The van der Waals surface area contributed by atoms with Crippen LogP contribution in [0.15, 0.2) is 30.3 Å². The Morgan fingerprint density at radius 1 is 0.935 bits per heavy atom. The molecule has 2 aromatic rings. The van der Waals surface area contributed by atoms with Crippen molar-refractivity contribution in [3.05, 3.63) is 41.5 Å². The van der Waals surface area contributed by atoms with E-state index in [1.807, 2.05) is 17.0 Å². The maximum atomic E-state index is 13.2. The van der Waals surface area contributed by atoms with Gasteiger partial charge in [0.1, 0.15) is 0 Å². The fourth-order valence-electron chi connectivity index (χ4n) is 4.24. The van der Waals surface area contributed by atoms with Gasteiger partial charge >= 0.3 is 0 Å². The summed E-state index contributed by atoms with van der Waals surface area (Å²) in [4.78, 5) is 29.0. The summed E-state index contributed by atoms with van der Waals surface area (Å²) >= 11 is 0. The second kappa shape index (κ2) is 8.75. The number of hydrogen-bond acceptors (Lipinski definition) is 6. The predicted molar refractivity (Wildman–Crippen MR) is 118 cm³/mol. The van der Waals surface area contributed by atoms with Gasteiger partial charge in [0.2, 0.25) is 11.7 Å². The van der Waals surface area contributed by atoms with Crippen molar-refractivity contribution in [2.45, 2.75) is 12.8 Å². The topological polar surface area (TPSA) is 80.3 Å². The fraction of sp³-hybridized carbons (Fsp3) is 0.391. The number of anilines is 2. The van der Waals surface area contributed by atoms with Gasteiger partial charge in [-0.1, -0.05) is 6.07 Å². The smallest absolute Gasteiger partial charge is 0.254 e. The molecule has 4 rings (SSSR count). The number of nitrogens with zero attached hydrogens (tertiary/aromatic N) is 2. The highest BCUT2D eigenvalue weighted by molar-refractivity contribution is 5.96. The Labute approximate surface area is 181 Å². The van der Waals surface area contributed by atoms with E-state index in [0.29, 0.717) is 42.3 Å². The summed E-state index contributed by atoms with van der Waals surface area (Å²) in [5, 5.41) is 2.95. The van der Waals surface area contributed by atoms with Gasteiger partial charge < -0.3 is 29.3 Å². The third kappa shape index (κ3) is 3.97. The molecule has 2 aliphatic rings. The van der Waals surface area contributed by atoms with Crippen LogP contribution in [0, 0.1) is 0 Å². The molecular formula is C23H27N3O5. The Bertz CT molecular complexity index is 974. The van der Waals surface area contributed by atoms with Crippen LogP contribution in [0.2, 0.25) is 0 Å². The maximum absolute atomic E-state index is 13.2. The number of amides is 2. The van der Waals surface area contributed by atoms with Gasteiger partial charge in [0, 0.05) is 49.5 Å². The number of carbonyl (C=O) groups excluding carboxylic acids is 2. The van der Waals surface area contributed by atoms with Crippen LogP contribution in [0.25, 0.3) is 0 Å². The van der Waals surface area contributed by atoms with E-state index < -0.39 is 0 Å². The summed E-state index contributed by atoms with van der Waals surface area (Å²) in [5.74, 6) is 1.38. The van der Waals surface area contributed by atoms with Gasteiger partial charge in [-0.15, -0.1) is 0 Å². The van der Waals surface area contributed by atoms with E-state index in [4.69, 9.17) is 14.2 Å². The van der Waals surface area contributed by atoms with Crippen LogP contribution in [-0.4, -0.2) is 64.2 Å². The number of methoxy groups -OCH3 is 3.